The third kappa shape index (κ3) is 1.85. The van der Waals surface area contributed by atoms with E-state index in [0.29, 0.717) is 5.92 Å². The molecule has 1 fully saturated rings. The first-order chi connectivity index (χ1) is 8.36. The van der Waals surface area contributed by atoms with E-state index in [1.807, 2.05) is 35.0 Å². The number of benzene rings is 1. The van der Waals surface area contributed by atoms with Crippen LogP contribution in [0.5, 0.6) is 0 Å². The van der Waals surface area contributed by atoms with Crippen LogP contribution in [0.25, 0.3) is 5.69 Å². The number of hydrogen-bond acceptors (Lipinski definition) is 3. The normalized spacial score (nSPS) is 17.7. The van der Waals surface area contributed by atoms with E-state index in [0.717, 1.165) is 11.4 Å². The van der Waals surface area contributed by atoms with Crippen LogP contribution < -0.4 is 5.73 Å². The fourth-order valence-electron chi connectivity index (χ4n) is 2.28. The molecule has 1 saturated carbocycles. The topological polar surface area (TPSA) is 56.7 Å². The van der Waals surface area contributed by atoms with Crippen LogP contribution in [0.3, 0.4) is 0 Å². The molecule has 2 aromatic rings. The number of nitrogens with zero attached hydrogens (tertiary/aromatic N) is 3. The second kappa shape index (κ2) is 4.30. The summed E-state index contributed by atoms with van der Waals surface area (Å²) in [6, 6.07) is 10.1. The van der Waals surface area contributed by atoms with Crippen LogP contribution in [0.1, 0.15) is 31.0 Å². The Labute approximate surface area is 100 Å². The summed E-state index contributed by atoms with van der Waals surface area (Å²) in [5.74, 6) is 0.593. The highest BCUT2D eigenvalue weighted by Gasteiger charge is 2.28. The predicted octanol–water partition coefficient (Wildman–Crippen LogP) is 2.07. The van der Waals surface area contributed by atoms with Crippen LogP contribution in [-0.2, 0) is 0 Å². The molecule has 0 bridgehead atoms. The van der Waals surface area contributed by atoms with Gasteiger partial charge in [-0.15, -0.1) is 5.10 Å². The van der Waals surface area contributed by atoms with Gasteiger partial charge >= 0.3 is 0 Å². The highest BCUT2D eigenvalue weighted by atomic mass is 15.4. The van der Waals surface area contributed by atoms with Gasteiger partial charge in [-0.25, -0.2) is 4.68 Å². The molecule has 88 valence electrons. The summed E-state index contributed by atoms with van der Waals surface area (Å²) in [5, 5.41) is 8.13. The molecule has 1 aliphatic carbocycles. The van der Waals surface area contributed by atoms with Gasteiger partial charge in [-0.1, -0.05) is 29.8 Å². The highest BCUT2D eigenvalue weighted by Crippen LogP contribution is 2.36. The fourth-order valence-corrected chi connectivity index (χ4v) is 2.28. The third-order valence-electron chi connectivity index (χ3n) is 3.58. The van der Waals surface area contributed by atoms with Crippen molar-refractivity contribution in [1.29, 1.82) is 0 Å². The lowest BCUT2D eigenvalue weighted by Crippen LogP contribution is -2.28. The SMILES string of the molecule is NC(c1cnnn1-c1ccccc1)C1CCC1. The largest absolute Gasteiger partial charge is 0.322 e. The second-order valence-electron chi connectivity index (χ2n) is 4.62. The van der Waals surface area contributed by atoms with Gasteiger partial charge in [0.2, 0.25) is 0 Å². The van der Waals surface area contributed by atoms with Gasteiger partial charge in [-0.05, 0) is 30.9 Å². The fraction of sp³-hybridized carbons (Fsp3) is 0.385. The molecule has 3 rings (SSSR count). The molecular formula is C13H16N4. The van der Waals surface area contributed by atoms with Crippen molar-refractivity contribution in [3.63, 3.8) is 0 Å². The highest BCUT2D eigenvalue weighted by molar-refractivity contribution is 5.32. The van der Waals surface area contributed by atoms with Crippen LogP contribution in [-0.4, -0.2) is 15.0 Å². The van der Waals surface area contributed by atoms with Crippen molar-refractivity contribution in [3.8, 4) is 5.69 Å². The summed E-state index contributed by atoms with van der Waals surface area (Å²) in [6.45, 7) is 0. The number of rotatable bonds is 3. The first-order valence-electron chi connectivity index (χ1n) is 6.08. The monoisotopic (exact) mass is 228 g/mol. The Morgan fingerprint density at radius 2 is 2.00 bits per heavy atom. The average Bonchev–Trinajstić information content (AvgIpc) is 2.76. The van der Waals surface area contributed by atoms with Crippen LogP contribution in [0, 0.1) is 5.92 Å². The molecule has 1 aromatic carbocycles. The lowest BCUT2D eigenvalue weighted by molar-refractivity contribution is 0.259. The molecule has 2 N–H and O–H groups in total. The zero-order valence-corrected chi connectivity index (χ0v) is 9.66. The van der Waals surface area contributed by atoms with Gasteiger partial charge in [0.1, 0.15) is 0 Å². The van der Waals surface area contributed by atoms with Crippen molar-refractivity contribution < 1.29 is 0 Å². The minimum atomic E-state index is 0.0546. The van der Waals surface area contributed by atoms with E-state index in [-0.39, 0.29) is 6.04 Å². The molecule has 0 amide bonds. The predicted molar refractivity (Wildman–Crippen MR) is 65.6 cm³/mol. The van der Waals surface area contributed by atoms with E-state index < -0.39 is 0 Å². The lowest BCUT2D eigenvalue weighted by Gasteiger charge is -2.31. The standard InChI is InChI=1S/C13H16N4/c14-13(10-5-4-6-10)12-9-15-16-17(12)11-7-2-1-3-8-11/h1-3,7-10,13H,4-6,14H2. The molecule has 4 heteroatoms. The van der Waals surface area contributed by atoms with Crippen LogP contribution in [0.15, 0.2) is 36.5 Å². The Morgan fingerprint density at radius 1 is 1.24 bits per heavy atom. The molecule has 1 unspecified atom stereocenters. The molecular weight excluding hydrogens is 212 g/mol. The van der Waals surface area contributed by atoms with E-state index >= 15 is 0 Å². The zero-order chi connectivity index (χ0) is 11.7. The molecule has 1 heterocycles. The Kier molecular flexibility index (Phi) is 2.65. The van der Waals surface area contributed by atoms with Gasteiger partial charge in [0.25, 0.3) is 0 Å². The van der Waals surface area contributed by atoms with Crippen molar-refractivity contribution in [1.82, 2.24) is 15.0 Å². The molecule has 4 nitrogen and oxygen atoms in total. The first kappa shape index (κ1) is 10.5. The quantitative estimate of drug-likeness (QED) is 0.874. The van der Waals surface area contributed by atoms with E-state index in [1.165, 1.54) is 19.3 Å². The van der Waals surface area contributed by atoms with E-state index in [9.17, 15) is 0 Å². The Bertz CT molecular complexity index is 487. The van der Waals surface area contributed by atoms with Gasteiger partial charge in [-0.3, -0.25) is 0 Å². The van der Waals surface area contributed by atoms with Gasteiger partial charge in [0.15, 0.2) is 0 Å². The Hall–Kier alpha value is -1.68. The maximum absolute atomic E-state index is 6.28. The zero-order valence-electron chi connectivity index (χ0n) is 9.66. The Morgan fingerprint density at radius 3 is 2.65 bits per heavy atom. The number of para-hydroxylation sites is 1. The number of aromatic nitrogens is 3. The average molecular weight is 228 g/mol. The van der Waals surface area contributed by atoms with Crippen molar-refractivity contribution in [3.05, 3.63) is 42.2 Å². The van der Waals surface area contributed by atoms with Crippen molar-refractivity contribution in [2.75, 3.05) is 0 Å². The van der Waals surface area contributed by atoms with E-state index in [2.05, 4.69) is 10.3 Å². The lowest BCUT2D eigenvalue weighted by atomic mass is 9.79. The maximum Gasteiger partial charge on any atom is 0.0815 e. The summed E-state index contributed by atoms with van der Waals surface area (Å²) in [7, 11) is 0. The van der Waals surface area contributed by atoms with E-state index in [4.69, 9.17) is 5.73 Å². The van der Waals surface area contributed by atoms with Crippen molar-refractivity contribution in [2.45, 2.75) is 25.3 Å². The number of hydrogen-bond donors (Lipinski definition) is 1. The maximum atomic E-state index is 6.28. The summed E-state index contributed by atoms with van der Waals surface area (Å²) >= 11 is 0. The summed E-state index contributed by atoms with van der Waals surface area (Å²) in [4.78, 5) is 0. The van der Waals surface area contributed by atoms with E-state index in [1.54, 1.807) is 6.20 Å². The summed E-state index contributed by atoms with van der Waals surface area (Å²) in [5.41, 5.74) is 8.32. The minimum Gasteiger partial charge on any atom is -0.322 e. The second-order valence-corrected chi connectivity index (χ2v) is 4.62. The number of nitrogens with two attached hydrogens (primary N) is 1. The van der Waals surface area contributed by atoms with Crippen molar-refractivity contribution >= 4 is 0 Å². The summed E-state index contributed by atoms with van der Waals surface area (Å²) < 4.78 is 1.85. The summed E-state index contributed by atoms with van der Waals surface area (Å²) in [6.07, 6.45) is 5.53. The Balaban J connectivity index is 1.93. The molecule has 1 aliphatic rings. The van der Waals surface area contributed by atoms with Crippen LogP contribution >= 0.6 is 0 Å². The molecule has 1 aromatic heterocycles. The molecule has 1 atom stereocenters. The molecule has 0 radical (unpaired) electrons. The van der Waals surface area contributed by atoms with Crippen LogP contribution in [0.4, 0.5) is 0 Å². The third-order valence-corrected chi connectivity index (χ3v) is 3.58. The van der Waals surface area contributed by atoms with Gasteiger partial charge in [-0.2, -0.15) is 0 Å². The molecule has 0 spiro atoms. The minimum absolute atomic E-state index is 0.0546. The first-order valence-corrected chi connectivity index (χ1v) is 6.08. The van der Waals surface area contributed by atoms with Gasteiger partial charge < -0.3 is 5.73 Å². The van der Waals surface area contributed by atoms with Crippen LogP contribution in [0.2, 0.25) is 0 Å². The van der Waals surface area contributed by atoms with Gasteiger partial charge in [0.05, 0.1) is 23.6 Å². The van der Waals surface area contributed by atoms with Gasteiger partial charge in [0, 0.05) is 0 Å². The molecule has 0 saturated heterocycles. The smallest absolute Gasteiger partial charge is 0.0815 e. The molecule has 17 heavy (non-hydrogen) atoms. The molecule has 0 aliphatic heterocycles. The van der Waals surface area contributed by atoms with Crippen molar-refractivity contribution in [2.24, 2.45) is 11.7 Å².